The number of hydrogen-bond acceptors (Lipinski definition) is 2. The zero-order valence-corrected chi connectivity index (χ0v) is 15.0. The average Bonchev–Trinajstić information content (AvgIpc) is 2.60. The Labute approximate surface area is 151 Å². The highest BCUT2D eigenvalue weighted by Gasteiger charge is 2.30. The molecule has 6 heteroatoms. The van der Waals surface area contributed by atoms with Crippen molar-refractivity contribution in [2.24, 2.45) is 0 Å². The van der Waals surface area contributed by atoms with Crippen molar-refractivity contribution >= 4 is 5.91 Å². The first-order chi connectivity index (χ1) is 12.2. The summed E-state index contributed by atoms with van der Waals surface area (Å²) in [7, 11) is 0. The first-order valence-electron chi connectivity index (χ1n) is 8.38. The van der Waals surface area contributed by atoms with Crippen molar-refractivity contribution in [3.8, 4) is 5.75 Å². The highest BCUT2D eigenvalue weighted by atomic mass is 19.4. The van der Waals surface area contributed by atoms with Crippen molar-refractivity contribution in [1.29, 1.82) is 0 Å². The van der Waals surface area contributed by atoms with Crippen molar-refractivity contribution in [1.82, 2.24) is 5.32 Å². The van der Waals surface area contributed by atoms with Gasteiger partial charge in [0.05, 0.1) is 5.56 Å². The molecule has 3 nitrogen and oxygen atoms in total. The lowest BCUT2D eigenvalue weighted by molar-refractivity contribution is -0.137. The molecule has 0 heterocycles. The Morgan fingerprint density at radius 3 is 2.54 bits per heavy atom. The van der Waals surface area contributed by atoms with Crippen molar-refractivity contribution < 1.29 is 22.7 Å². The van der Waals surface area contributed by atoms with E-state index in [9.17, 15) is 18.0 Å². The molecule has 1 N–H and O–H groups in total. The number of rotatable bonds is 6. The van der Waals surface area contributed by atoms with Gasteiger partial charge in [-0.05, 0) is 55.2 Å². The number of carbonyl (C=O) groups is 1. The number of amides is 1. The van der Waals surface area contributed by atoms with Crippen molar-refractivity contribution in [2.45, 2.75) is 46.0 Å². The maximum absolute atomic E-state index is 12.8. The fraction of sp³-hybridized carbons (Fsp3) is 0.350. The minimum Gasteiger partial charge on any atom is -0.480 e. The molecule has 0 aliphatic carbocycles. The molecular weight excluding hydrogens is 343 g/mol. The predicted octanol–water partition coefficient (Wildman–Crippen LogP) is 4.80. The normalized spacial score (nSPS) is 12.5. The quantitative estimate of drug-likeness (QED) is 0.799. The molecule has 2 aromatic carbocycles. The van der Waals surface area contributed by atoms with E-state index >= 15 is 0 Å². The van der Waals surface area contributed by atoms with Gasteiger partial charge in [-0.2, -0.15) is 13.2 Å². The highest BCUT2D eigenvalue weighted by Crippen LogP contribution is 2.29. The Kier molecular flexibility index (Phi) is 6.29. The van der Waals surface area contributed by atoms with Gasteiger partial charge in [-0.15, -0.1) is 0 Å². The van der Waals surface area contributed by atoms with E-state index < -0.39 is 17.8 Å². The fourth-order valence-electron chi connectivity index (χ4n) is 2.47. The molecule has 2 rings (SSSR count). The number of aryl methyl sites for hydroxylation is 2. The van der Waals surface area contributed by atoms with Crippen LogP contribution in [-0.2, 0) is 17.5 Å². The van der Waals surface area contributed by atoms with Crippen LogP contribution in [0.5, 0.6) is 5.75 Å². The summed E-state index contributed by atoms with van der Waals surface area (Å²) in [5.41, 5.74) is 1.59. The molecular formula is C20H22F3NO2. The third-order valence-corrected chi connectivity index (χ3v) is 4.00. The summed E-state index contributed by atoms with van der Waals surface area (Å²) in [6.07, 6.45) is -4.67. The van der Waals surface area contributed by atoms with Crippen molar-refractivity contribution in [3.05, 3.63) is 64.7 Å². The Balaban J connectivity index is 2.02. The van der Waals surface area contributed by atoms with Gasteiger partial charge >= 0.3 is 6.18 Å². The minimum absolute atomic E-state index is 0.00934. The van der Waals surface area contributed by atoms with Crippen LogP contribution >= 0.6 is 0 Å². The van der Waals surface area contributed by atoms with E-state index in [1.54, 1.807) is 6.07 Å². The van der Waals surface area contributed by atoms with Gasteiger partial charge in [-0.3, -0.25) is 4.79 Å². The van der Waals surface area contributed by atoms with E-state index in [1.807, 2.05) is 39.0 Å². The molecule has 0 spiro atoms. The zero-order chi connectivity index (χ0) is 19.3. The molecule has 2 aromatic rings. The first kappa shape index (κ1) is 19.8. The van der Waals surface area contributed by atoms with Gasteiger partial charge in [0.25, 0.3) is 5.91 Å². The van der Waals surface area contributed by atoms with Crippen LogP contribution in [0, 0.1) is 13.8 Å². The smallest absolute Gasteiger partial charge is 0.416 e. The molecule has 0 aromatic heterocycles. The second-order valence-electron chi connectivity index (χ2n) is 6.20. The number of alkyl halides is 3. The van der Waals surface area contributed by atoms with Crippen LogP contribution in [0.4, 0.5) is 13.2 Å². The van der Waals surface area contributed by atoms with Crippen LogP contribution in [0.15, 0.2) is 42.5 Å². The van der Waals surface area contributed by atoms with Gasteiger partial charge in [-0.1, -0.05) is 31.2 Å². The first-order valence-corrected chi connectivity index (χ1v) is 8.38. The van der Waals surface area contributed by atoms with Gasteiger partial charge < -0.3 is 10.1 Å². The SMILES string of the molecule is CC[C@@H](Oc1cc(C)ccc1C)C(=O)NCc1cccc(C(F)(F)F)c1. The molecule has 0 bridgehead atoms. The lowest BCUT2D eigenvalue weighted by Crippen LogP contribution is -2.37. The molecule has 0 unspecified atom stereocenters. The number of hydrogen-bond donors (Lipinski definition) is 1. The van der Waals surface area contributed by atoms with Crippen LogP contribution in [0.2, 0.25) is 0 Å². The van der Waals surface area contributed by atoms with E-state index in [0.29, 0.717) is 17.7 Å². The van der Waals surface area contributed by atoms with E-state index in [4.69, 9.17) is 4.74 Å². The Morgan fingerprint density at radius 1 is 1.15 bits per heavy atom. The molecule has 140 valence electrons. The molecule has 0 radical (unpaired) electrons. The second-order valence-corrected chi connectivity index (χ2v) is 6.20. The predicted molar refractivity (Wildman–Crippen MR) is 93.9 cm³/mol. The number of ether oxygens (including phenoxy) is 1. The molecule has 0 aliphatic heterocycles. The number of carbonyl (C=O) groups excluding carboxylic acids is 1. The van der Waals surface area contributed by atoms with E-state index in [-0.39, 0.29) is 12.5 Å². The summed E-state index contributed by atoms with van der Waals surface area (Å²) in [5, 5.41) is 2.65. The van der Waals surface area contributed by atoms with E-state index in [2.05, 4.69) is 5.32 Å². The molecule has 1 atom stereocenters. The third kappa shape index (κ3) is 5.25. The van der Waals surface area contributed by atoms with E-state index in [0.717, 1.165) is 23.3 Å². The van der Waals surface area contributed by atoms with Crippen molar-refractivity contribution in [2.75, 3.05) is 0 Å². The van der Waals surface area contributed by atoms with Gasteiger partial charge in [0.15, 0.2) is 6.10 Å². The summed E-state index contributed by atoms with van der Waals surface area (Å²) in [4.78, 5) is 12.4. The Hall–Kier alpha value is -2.50. The van der Waals surface area contributed by atoms with Crippen LogP contribution in [0.3, 0.4) is 0 Å². The highest BCUT2D eigenvalue weighted by molar-refractivity contribution is 5.81. The summed E-state index contributed by atoms with van der Waals surface area (Å²) in [6, 6.07) is 10.6. The lowest BCUT2D eigenvalue weighted by atomic mass is 10.1. The lowest BCUT2D eigenvalue weighted by Gasteiger charge is -2.19. The molecule has 0 saturated heterocycles. The molecule has 0 fully saturated rings. The number of nitrogens with one attached hydrogen (secondary N) is 1. The minimum atomic E-state index is -4.40. The van der Waals surface area contributed by atoms with Gasteiger partial charge in [-0.25, -0.2) is 0 Å². The fourth-order valence-corrected chi connectivity index (χ4v) is 2.47. The molecule has 0 saturated carbocycles. The van der Waals surface area contributed by atoms with Gasteiger partial charge in [0.2, 0.25) is 0 Å². The summed E-state index contributed by atoms with van der Waals surface area (Å²) in [6.45, 7) is 5.65. The second kappa shape index (κ2) is 8.25. The maximum Gasteiger partial charge on any atom is 0.416 e. The average molecular weight is 365 g/mol. The molecule has 1 amide bonds. The number of halogens is 3. The van der Waals surface area contributed by atoms with E-state index in [1.165, 1.54) is 6.07 Å². The van der Waals surface area contributed by atoms with Gasteiger partial charge in [0, 0.05) is 6.54 Å². The van der Waals surface area contributed by atoms with Crippen LogP contribution in [0.25, 0.3) is 0 Å². The topological polar surface area (TPSA) is 38.3 Å². The summed E-state index contributed by atoms with van der Waals surface area (Å²) < 4.78 is 44.1. The van der Waals surface area contributed by atoms with Crippen LogP contribution < -0.4 is 10.1 Å². The van der Waals surface area contributed by atoms with Crippen molar-refractivity contribution in [3.63, 3.8) is 0 Å². The largest absolute Gasteiger partial charge is 0.480 e. The maximum atomic E-state index is 12.8. The molecule has 0 aliphatic rings. The van der Waals surface area contributed by atoms with Crippen LogP contribution in [-0.4, -0.2) is 12.0 Å². The Morgan fingerprint density at radius 2 is 1.88 bits per heavy atom. The summed E-state index contributed by atoms with van der Waals surface area (Å²) >= 11 is 0. The summed E-state index contributed by atoms with van der Waals surface area (Å²) in [5.74, 6) is 0.275. The van der Waals surface area contributed by atoms with Gasteiger partial charge in [0.1, 0.15) is 5.75 Å². The Bertz CT molecular complexity index is 772. The number of benzene rings is 2. The monoisotopic (exact) mass is 365 g/mol. The molecule has 26 heavy (non-hydrogen) atoms. The zero-order valence-electron chi connectivity index (χ0n) is 15.0. The standard InChI is InChI=1S/C20H22F3NO2/c1-4-17(26-18-10-13(2)8-9-14(18)3)19(25)24-12-15-6-5-7-16(11-15)20(21,22)23/h5-11,17H,4,12H2,1-3H3,(H,24,25)/t17-/m1/s1. The van der Waals surface area contributed by atoms with Crippen LogP contribution in [0.1, 0.15) is 35.6 Å². The third-order valence-electron chi connectivity index (χ3n) is 4.00.